The van der Waals surface area contributed by atoms with Crippen LogP contribution in [0, 0.1) is 5.82 Å². The van der Waals surface area contributed by atoms with Gasteiger partial charge in [-0.25, -0.2) is 9.18 Å². The van der Waals surface area contributed by atoms with E-state index in [9.17, 15) is 9.18 Å². The number of carbonyl (C=O) groups is 1. The largest absolute Gasteiger partial charge is 0.495 e. The monoisotopic (exact) mass is 404 g/mol. The van der Waals surface area contributed by atoms with Gasteiger partial charge < -0.3 is 10.1 Å². The summed E-state index contributed by atoms with van der Waals surface area (Å²) >= 11 is 2.96. The van der Waals surface area contributed by atoms with E-state index in [0.29, 0.717) is 22.3 Å². The Labute approximate surface area is 164 Å². The van der Waals surface area contributed by atoms with Crippen molar-refractivity contribution in [2.45, 2.75) is 11.5 Å². The molecule has 2 aromatic carbocycles. The number of halogens is 1. The second-order valence-corrected chi connectivity index (χ2v) is 7.45. The first kappa shape index (κ1) is 19.1. The van der Waals surface area contributed by atoms with Gasteiger partial charge in [0.15, 0.2) is 0 Å². The highest BCUT2D eigenvalue weighted by atomic mass is 32.2. The van der Waals surface area contributed by atoms with Crippen molar-refractivity contribution in [1.29, 1.82) is 0 Å². The van der Waals surface area contributed by atoms with Gasteiger partial charge in [-0.2, -0.15) is 0 Å². The molecule has 0 atom stereocenters. The average Bonchev–Trinajstić information content (AvgIpc) is 3.11. The highest BCUT2D eigenvalue weighted by Gasteiger charge is 2.10. The van der Waals surface area contributed by atoms with Gasteiger partial charge in [0.1, 0.15) is 16.6 Å². The van der Waals surface area contributed by atoms with E-state index in [2.05, 4.69) is 20.8 Å². The average molecular weight is 404 g/mol. The number of methoxy groups -OCH3 is 1. The predicted octanol–water partition coefficient (Wildman–Crippen LogP) is 4.76. The minimum Gasteiger partial charge on any atom is -0.495 e. The quantitative estimate of drug-likeness (QED) is 0.594. The lowest BCUT2D eigenvalue weighted by Crippen LogP contribution is -2.19. The van der Waals surface area contributed by atoms with Gasteiger partial charge in [-0.05, 0) is 29.8 Å². The Morgan fingerprint density at radius 3 is 2.67 bits per heavy atom. The van der Waals surface area contributed by atoms with Crippen LogP contribution >= 0.6 is 23.1 Å². The van der Waals surface area contributed by atoms with Crippen LogP contribution in [-0.4, -0.2) is 23.3 Å². The van der Waals surface area contributed by atoms with E-state index in [1.165, 1.54) is 23.5 Å². The highest BCUT2D eigenvalue weighted by molar-refractivity contribution is 7.97. The summed E-state index contributed by atoms with van der Waals surface area (Å²) in [4.78, 5) is 12.1. The van der Waals surface area contributed by atoms with Crippen LogP contribution < -0.4 is 15.4 Å². The molecule has 140 valence electrons. The third-order valence-corrected chi connectivity index (χ3v) is 5.49. The van der Waals surface area contributed by atoms with Crippen molar-refractivity contribution in [1.82, 2.24) is 10.2 Å². The minimum absolute atomic E-state index is 0.241. The van der Waals surface area contributed by atoms with Crippen molar-refractivity contribution in [2.24, 2.45) is 0 Å². The van der Waals surface area contributed by atoms with E-state index < -0.39 is 6.03 Å². The molecule has 0 radical (unpaired) electrons. The molecule has 0 saturated heterocycles. The van der Waals surface area contributed by atoms with Crippen molar-refractivity contribution in [3.05, 3.63) is 64.9 Å². The SMILES string of the molecule is COc1ccccc1NC(=O)Nc1nnc(CSCc2ccc(F)cc2)s1. The van der Waals surface area contributed by atoms with Gasteiger partial charge in [0, 0.05) is 11.5 Å². The van der Waals surface area contributed by atoms with Crippen molar-refractivity contribution in [3.63, 3.8) is 0 Å². The minimum atomic E-state index is -0.416. The Morgan fingerprint density at radius 1 is 1.11 bits per heavy atom. The number of urea groups is 1. The maximum atomic E-state index is 12.9. The molecule has 3 rings (SSSR count). The Balaban J connectivity index is 1.48. The van der Waals surface area contributed by atoms with Crippen molar-refractivity contribution >= 4 is 39.9 Å². The fourth-order valence-electron chi connectivity index (χ4n) is 2.20. The summed E-state index contributed by atoms with van der Waals surface area (Å²) in [6.07, 6.45) is 0. The number of aromatic nitrogens is 2. The summed E-state index contributed by atoms with van der Waals surface area (Å²) in [5.41, 5.74) is 1.61. The molecule has 2 N–H and O–H groups in total. The number of anilines is 2. The second kappa shape index (κ2) is 9.33. The molecule has 9 heteroatoms. The molecular weight excluding hydrogens is 387 g/mol. The van der Waals surface area contributed by atoms with E-state index >= 15 is 0 Å². The highest BCUT2D eigenvalue weighted by Crippen LogP contribution is 2.25. The number of ether oxygens (including phenoxy) is 1. The van der Waals surface area contributed by atoms with E-state index in [1.807, 2.05) is 6.07 Å². The molecule has 0 bridgehead atoms. The number of carbonyl (C=O) groups excluding carboxylic acids is 1. The number of hydrogen-bond acceptors (Lipinski definition) is 6. The Bertz CT molecular complexity index is 902. The predicted molar refractivity (Wildman–Crippen MR) is 107 cm³/mol. The van der Waals surface area contributed by atoms with Gasteiger partial charge in [0.05, 0.1) is 12.8 Å². The molecule has 2 amide bonds. The van der Waals surface area contributed by atoms with Crippen molar-refractivity contribution in [2.75, 3.05) is 17.7 Å². The van der Waals surface area contributed by atoms with Gasteiger partial charge in [0.2, 0.25) is 5.13 Å². The van der Waals surface area contributed by atoms with Crippen molar-refractivity contribution in [3.8, 4) is 5.75 Å². The number of thioether (sulfide) groups is 1. The molecule has 1 aromatic heterocycles. The zero-order valence-electron chi connectivity index (χ0n) is 14.4. The molecule has 0 aliphatic rings. The lowest BCUT2D eigenvalue weighted by Gasteiger charge is -2.09. The Kier molecular flexibility index (Phi) is 6.61. The summed E-state index contributed by atoms with van der Waals surface area (Å²) in [5, 5.41) is 14.7. The third-order valence-electron chi connectivity index (χ3n) is 3.45. The van der Waals surface area contributed by atoms with Crippen LogP contribution in [0.5, 0.6) is 5.75 Å². The van der Waals surface area contributed by atoms with Gasteiger partial charge in [0.25, 0.3) is 0 Å². The topological polar surface area (TPSA) is 76.1 Å². The molecule has 0 spiro atoms. The van der Waals surface area contributed by atoms with Crippen LogP contribution in [-0.2, 0) is 11.5 Å². The number of amides is 2. The second-order valence-electron chi connectivity index (χ2n) is 5.40. The van der Waals surface area contributed by atoms with E-state index in [0.717, 1.165) is 16.3 Å². The lowest BCUT2D eigenvalue weighted by molar-refractivity contribution is 0.262. The zero-order valence-corrected chi connectivity index (χ0v) is 16.1. The van der Waals surface area contributed by atoms with E-state index in [4.69, 9.17) is 4.74 Å². The molecule has 0 unspecified atom stereocenters. The van der Waals surface area contributed by atoms with Crippen LogP contribution in [0.3, 0.4) is 0 Å². The molecule has 0 saturated carbocycles. The molecule has 0 aliphatic carbocycles. The maximum Gasteiger partial charge on any atom is 0.325 e. The fraction of sp³-hybridized carbons (Fsp3) is 0.167. The number of benzene rings is 2. The van der Waals surface area contributed by atoms with Crippen LogP contribution in [0.25, 0.3) is 0 Å². The van der Waals surface area contributed by atoms with Gasteiger partial charge >= 0.3 is 6.03 Å². The smallest absolute Gasteiger partial charge is 0.325 e. The Morgan fingerprint density at radius 2 is 1.89 bits per heavy atom. The maximum absolute atomic E-state index is 12.9. The van der Waals surface area contributed by atoms with Crippen LogP contribution in [0.1, 0.15) is 10.6 Å². The number of nitrogens with one attached hydrogen (secondary N) is 2. The first-order valence-electron chi connectivity index (χ1n) is 7.99. The normalized spacial score (nSPS) is 10.4. The molecule has 27 heavy (non-hydrogen) atoms. The first-order chi connectivity index (χ1) is 13.1. The summed E-state index contributed by atoms with van der Waals surface area (Å²) in [5.74, 6) is 1.74. The molecule has 0 aliphatic heterocycles. The number of nitrogens with zero attached hydrogens (tertiary/aromatic N) is 2. The van der Waals surface area contributed by atoms with Crippen LogP contribution in [0.2, 0.25) is 0 Å². The zero-order chi connectivity index (χ0) is 19.1. The summed E-state index contributed by atoms with van der Waals surface area (Å²) in [7, 11) is 1.54. The Hall–Kier alpha value is -2.65. The number of hydrogen-bond donors (Lipinski definition) is 2. The van der Waals surface area contributed by atoms with Gasteiger partial charge in [-0.15, -0.1) is 22.0 Å². The molecule has 6 nitrogen and oxygen atoms in total. The van der Waals surface area contributed by atoms with Gasteiger partial charge in [-0.1, -0.05) is 35.6 Å². The van der Waals surface area contributed by atoms with Gasteiger partial charge in [-0.3, -0.25) is 5.32 Å². The molecular formula is C18H17FN4O2S2. The first-order valence-corrected chi connectivity index (χ1v) is 9.97. The number of para-hydroxylation sites is 2. The molecule has 0 fully saturated rings. The lowest BCUT2D eigenvalue weighted by atomic mass is 10.2. The summed E-state index contributed by atoms with van der Waals surface area (Å²) in [6.45, 7) is 0. The third kappa shape index (κ3) is 5.66. The molecule has 3 aromatic rings. The standard InChI is InChI=1S/C18H17FN4O2S2/c1-25-15-5-3-2-4-14(15)20-17(24)21-18-23-22-16(27-18)11-26-10-12-6-8-13(19)9-7-12/h2-9H,10-11H2,1H3,(H2,20,21,23,24). The van der Waals surface area contributed by atoms with E-state index in [1.54, 1.807) is 49.2 Å². The fourth-order valence-corrected chi connectivity index (χ4v) is 3.98. The number of rotatable bonds is 7. The summed E-state index contributed by atoms with van der Waals surface area (Å²) in [6, 6.07) is 13.1. The van der Waals surface area contributed by atoms with E-state index in [-0.39, 0.29) is 5.82 Å². The summed E-state index contributed by atoms with van der Waals surface area (Å²) < 4.78 is 18.1. The van der Waals surface area contributed by atoms with Crippen molar-refractivity contribution < 1.29 is 13.9 Å². The van der Waals surface area contributed by atoms with Crippen LogP contribution in [0.15, 0.2) is 48.5 Å². The van der Waals surface area contributed by atoms with Crippen LogP contribution in [0.4, 0.5) is 20.0 Å². The molecule has 1 heterocycles.